The Labute approximate surface area is 169 Å². The van der Waals surface area contributed by atoms with Crippen molar-refractivity contribution in [1.29, 1.82) is 0 Å². The van der Waals surface area contributed by atoms with Gasteiger partial charge in [-0.25, -0.2) is 4.85 Å². The lowest BCUT2D eigenvalue weighted by Gasteiger charge is -2.34. The first-order chi connectivity index (χ1) is 13.7. The topological polar surface area (TPSA) is 49.2 Å². The smallest absolute Gasteiger partial charge is 0.216 e. The van der Waals surface area contributed by atoms with Crippen molar-refractivity contribution in [3.05, 3.63) is 35.7 Å². The third-order valence-electron chi connectivity index (χ3n) is 5.09. The first-order valence-corrected chi connectivity index (χ1v) is 10.5. The summed E-state index contributed by atoms with van der Waals surface area (Å²) in [6, 6.07) is 7.33. The number of piperazine rings is 1. The second-order valence-electron chi connectivity index (χ2n) is 7.39. The molecule has 0 spiro atoms. The van der Waals surface area contributed by atoms with Gasteiger partial charge in [-0.05, 0) is 37.9 Å². The summed E-state index contributed by atoms with van der Waals surface area (Å²) in [6.45, 7) is 16.9. The Bertz CT molecular complexity index is 604. The van der Waals surface area contributed by atoms with Gasteiger partial charge in [-0.15, -0.1) is 0 Å². The van der Waals surface area contributed by atoms with Gasteiger partial charge in [0.1, 0.15) is 5.75 Å². The number of carbonyl (C=O) groups is 1. The third kappa shape index (κ3) is 9.20. The predicted octanol–water partition coefficient (Wildman–Crippen LogP) is 3.32. The van der Waals surface area contributed by atoms with Gasteiger partial charge in [0.05, 0.1) is 13.2 Å². The van der Waals surface area contributed by atoms with Crippen molar-refractivity contribution in [2.75, 3.05) is 52.4 Å². The minimum absolute atomic E-state index is 0.0692. The normalized spacial score (nSPS) is 15.1. The minimum atomic E-state index is 0.0692. The van der Waals surface area contributed by atoms with E-state index in [9.17, 15) is 4.79 Å². The summed E-state index contributed by atoms with van der Waals surface area (Å²) in [7, 11) is 0. The zero-order valence-corrected chi connectivity index (χ0v) is 17.2. The molecule has 0 unspecified atom stereocenters. The molecule has 1 N–H and O–H groups in total. The van der Waals surface area contributed by atoms with Gasteiger partial charge in [0, 0.05) is 46.2 Å². The van der Waals surface area contributed by atoms with Crippen molar-refractivity contribution in [3.63, 3.8) is 0 Å². The predicted molar refractivity (Wildman–Crippen MR) is 113 cm³/mol. The highest BCUT2D eigenvalue weighted by Crippen LogP contribution is 2.18. The van der Waals surface area contributed by atoms with Gasteiger partial charge in [-0.1, -0.05) is 25.0 Å². The van der Waals surface area contributed by atoms with E-state index < -0.39 is 0 Å². The van der Waals surface area contributed by atoms with Crippen LogP contribution in [0.3, 0.4) is 0 Å². The third-order valence-corrected chi connectivity index (χ3v) is 5.09. The number of hydrogen-bond donors (Lipinski definition) is 1. The maximum atomic E-state index is 10.8. The van der Waals surface area contributed by atoms with Gasteiger partial charge in [0.15, 0.2) is 5.69 Å². The van der Waals surface area contributed by atoms with Crippen LogP contribution in [0, 0.1) is 6.57 Å². The number of unbranched alkanes of at least 4 members (excludes halogenated alkanes) is 3. The van der Waals surface area contributed by atoms with Crippen LogP contribution in [0.4, 0.5) is 5.69 Å². The summed E-state index contributed by atoms with van der Waals surface area (Å²) in [5.74, 6) is 0.911. The first kappa shape index (κ1) is 22.2. The number of ether oxygens (including phenoxy) is 1. The molecule has 28 heavy (non-hydrogen) atoms. The lowest BCUT2D eigenvalue weighted by Crippen LogP contribution is -2.46. The van der Waals surface area contributed by atoms with Crippen LogP contribution in [0.5, 0.6) is 5.75 Å². The molecule has 0 aliphatic carbocycles. The van der Waals surface area contributed by atoms with Crippen molar-refractivity contribution >= 4 is 11.6 Å². The Kier molecular flexibility index (Phi) is 10.4. The molecule has 154 valence electrons. The molecule has 1 aliphatic rings. The number of benzene rings is 1. The average Bonchev–Trinajstić information content (AvgIpc) is 2.71. The summed E-state index contributed by atoms with van der Waals surface area (Å²) in [4.78, 5) is 19.3. The summed E-state index contributed by atoms with van der Waals surface area (Å²) in [5.41, 5.74) is 0.648. The fraction of sp³-hybridized carbons (Fsp3) is 0.636. The van der Waals surface area contributed by atoms with Crippen LogP contribution in [0.25, 0.3) is 4.85 Å². The summed E-state index contributed by atoms with van der Waals surface area (Å²) >= 11 is 0. The van der Waals surface area contributed by atoms with E-state index in [1.807, 2.05) is 12.1 Å². The molecule has 0 aromatic heterocycles. The number of nitrogens with zero attached hydrogens (tertiary/aromatic N) is 3. The molecule has 1 aromatic carbocycles. The molecule has 1 saturated heterocycles. The quantitative estimate of drug-likeness (QED) is 0.442. The van der Waals surface area contributed by atoms with E-state index in [1.54, 1.807) is 19.1 Å². The number of hydrogen-bond acceptors (Lipinski definition) is 4. The number of rotatable bonds is 12. The van der Waals surface area contributed by atoms with E-state index in [4.69, 9.17) is 11.3 Å². The van der Waals surface area contributed by atoms with Gasteiger partial charge < -0.3 is 19.9 Å². The maximum absolute atomic E-state index is 10.8. The monoisotopic (exact) mass is 386 g/mol. The highest BCUT2D eigenvalue weighted by atomic mass is 16.5. The van der Waals surface area contributed by atoms with Crippen molar-refractivity contribution in [1.82, 2.24) is 15.1 Å². The SMILES string of the molecule is [C-]#[N+]c1ccc(OCCCN2CCN(CCCCCCNC(C)=O)CC2)cc1. The van der Waals surface area contributed by atoms with Crippen LogP contribution < -0.4 is 10.1 Å². The van der Waals surface area contributed by atoms with Crippen molar-refractivity contribution in [2.24, 2.45) is 0 Å². The Morgan fingerprint density at radius 3 is 2.21 bits per heavy atom. The van der Waals surface area contributed by atoms with Gasteiger partial charge in [-0.3, -0.25) is 4.79 Å². The molecule has 0 atom stereocenters. The minimum Gasteiger partial charge on any atom is -0.494 e. The number of carbonyl (C=O) groups excluding carboxylic acids is 1. The number of nitrogens with one attached hydrogen (secondary N) is 1. The molecule has 0 saturated carbocycles. The Hall–Kier alpha value is -2.10. The molecule has 6 heteroatoms. The van der Waals surface area contributed by atoms with E-state index in [-0.39, 0.29) is 5.91 Å². The fourth-order valence-electron chi connectivity index (χ4n) is 3.41. The summed E-state index contributed by atoms with van der Waals surface area (Å²) in [6.07, 6.45) is 5.80. The molecule has 1 fully saturated rings. The molecule has 1 amide bonds. The van der Waals surface area contributed by atoms with Crippen molar-refractivity contribution < 1.29 is 9.53 Å². The van der Waals surface area contributed by atoms with Crippen LogP contribution in [-0.2, 0) is 4.79 Å². The molecule has 1 aromatic rings. The lowest BCUT2D eigenvalue weighted by atomic mass is 10.1. The lowest BCUT2D eigenvalue weighted by molar-refractivity contribution is -0.118. The highest BCUT2D eigenvalue weighted by Gasteiger charge is 2.15. The Morgan fingerprint density at radius 1 is 1.00 bits per heavy atom. The Morgan fingerprint density at radius 2 is 1.61 bits per heavy atom. The number of amides is 1. The second kappa shape index (κ2) is 13.1. The first-order valence-electron chi connectivity index (χ1n) is 10.5. The zero-order chi connectivity index (χ0) is 20.0. The van der Waals surface area contributed by atoms with Gasteiger partial charge >= 0.3 is 0 Å². The molecule has 0 bridgehead atoms. The molecule has 1 heterocycles. The van der Waals surface area contributed by atoms with E-state index in [0.29, 0.717) is 5.69 Å². The van der Waals surface area contributed by atoms with Gasteiger partial charge in [0.25, 0.3) is 0 Å². The average molecular weight is 387 g/mol. The largest absolute Gasteiger partial charge is 0.494 e. The van der Waals surface area contributed by atoms with E-state index in [0.717, 1.165) is 64.5 Å². The van der Waals surface area contributed by atoms with E-state index >= 15 is 0 Å². The fourth-order valence-corrected chi connectivity index (χ4v) is 3.41. The second-order valence-corrected chi connectivity index (χ2v) is 7.39. The standard InChI is InChI=1S/C22H34N4O2/c1-20(27)24-12-5-3-4-6-13-25-15-17-26(18-16-25)14-7-19-28-22-10-8-21(23-2)9-11-22/h8-11H,3-7,12-19H2,1H3,(H,24,27). The van der Waals surface area contributed by atoms with Gasteiger partial charge in [-0.2, -0.15) is 0 Å². The zero-order valence-electron chi connectivity index (χ0n) is 17.2. The molecular formula is C22H34N4O2. The van der Waals surface area contributed by atoms with Gasteiger partial charge in [0.2, 0.25) is 5.91 Å². The highest BCUT2D eigenvalue weighted by molar-refractivity contribution is 5.72. The maximum Gasteiger partial charge on any atom is 0.216 e. The van der Waals surface area contributed by atoms with Crippen LogP contribution in [0.2, 0.25) is 0 Å². The molecule has 6 nitrogen and oxygen atoms in total. The van der Waals surface area contributed by atoms with Crippen molar-refractivity contribution in [2.45, 2.75) is 39.0 Å². The molecular weight excluding hydrogens is 352 g/mol. The van der Waals surface area contributed by atoms with Crippen LogP contribution in [0.1, 0.15) is 39.0 Å². The molecule has 2 rings (SSSR count). The summed E-state index contributed by atoms with van der Waals surface area (Å²) in [5, 5.41) is 2.85. The molecule has 1 aliphatic heterocycles. The van der Waals surface area contributed by atoms with E-state index in [2.05, 4.69) is 20.0 Å². The van der Waals surface area contributed by atoms with E-state index in [1.165, 1.54) is 25.8 Å². The van der Waals surface area contributed by atoms with Crippen LogP contribution in [-0.4, -0.2) is 68.1 Å². The van der Waals surface area contributed by atoms with Crippen molar-refractivity contribution in [3.8, 4) is 5.75 Å². The van der Waals surface area contributed by atoms with Crippen LogP contribution in [0.15, 0.2) is 24.3 Å². The van der Waals surface area contributed by atoms with Crippen LogP contribution >= 0.6 is 0 Å². The summed E-state index contributed by atoms with van der Waals surface area (Å²) < 4.78 is 5.76. The Balaban J connectivity index is 1.45. The molecule has 0 radical (unpaired) electrons.